The van der Waals surface area contributed by atoms with Crippen LogP contribution in [0, 0.1) is 5.92 Å². The molecule has 118 valence electrons. The van der Waals surface area contributed by atoms with Gasteiger partial charge in [0.05, 0.1) is 16.6 Å². The van der Waals surface area contributed by atoms with Crippen molar-refractivity contribution < 1.29 is 4.79 Å². The minimum atomic E-state index is 0.182. The molecule has 0 radical (unpaired) electrons. The molecule has 4 nitrogen and oxygen atoms in total. The third-order valence-electron chi connectivity index (χ3n) is 4.49. The van der Waals surface area contributed by atoms with Crippen LogP contribution in [0.2, 0.25) is 0 Å². The van der Waals surface area contributed by atoms with Crippen molar-refractivity contribution >= 4 is 39.9 Å². The third kappa shape index (κ3) is 3.06. The smallest absolute Gasteiger partial charge is 0.175 e. The maximum Gasteiger partial charge on any atom is 0.175 e. The molecular weight excluding hydrogens is 326 g/mol. The Morgan fingerprint density at radius 1 is 1.17 bits per heavy atom. The summed E-state index contributed by atoms with van der Waals surface area (Å²) in [5.41, 5.74) is 3.24. The number of fused-ring (bicyclic) bond motifs is 1. The van der Waals surface area contributed by atoms with Crippen LogP contribution in [0.1, 0.15) is 28.1 Å². The number of hydrogen-bond acceptors (Lipinski definition) is 6. The highest BCUT2D eigenvalue weighted by Crippen LogP contribution is 2.26. The molecule has 4 rings (SSSR count). The van der Waals surface area contributed by atoms with Gasteiger partial charge in [0.1, 0.15) is 11.0 Å². The first-order chi connectivity index (χ1) is 11.3. The number of carbonyl (C=O) groups is 1. The van der Waals surface area contributed by atoms with E-state index in [0.29, 0.717) is 5.78 Å². The van der Waals surface area contributed by atoms with Gasteiger partial charge >= 0.3 is 0 Å². The Hall–Kier alpha value is -1.63. The number of thiophene rings is 1. The zero-order chi connectivity index (χ0) is 15.6. The largest absolute Gasteiger partial charge is 0.299 e. The van der Waals surface area contributed by atoms with Gasteiger partial charge in [0.25, 0.3) is 0 Å². The Morgan fingerprint density at radius 2 is 2.04 bits per heavy atom. The third-order valence-corrected chi connectivity index (χ3v) is 5.91. The predicted molar refractivity (Wildman–Crippen MR) is 94.1 cm³/mol. The highest BCUT2D eigenvalue weighted by molar-refractivity contribution is 7.12. The average molecular weight is 343 g/mol. The average Bonchev–Trinajstić information content (AvgIpc) is 3.27. The zero-order valence-corrected chi connectivity index (χ0v) is 14.3. The molecule has 3 heterocycles. The standard InChI is InChI=1S/C17H17N3OS2/c21-17(15-5-2-10-22-15)12-6-8-20(9-7-12)11-13-3-1-4-14-16(13)19-23-18-14/h1-5,10,12H,6-9,11H2. The lowest BCUT2D eigenvalue weighted by atomic mass is 9.91. The fourth-order valence-electron chi connectivity index (χ4n) is 3.20. The van der Waals surface area contributed by atoms with E-state index in [0.717, 1.165) is 48.4 Å². The Kier molecular flexibility index (Phi) is 4.20. The van der Waals surface area contributed by atoms with E-state index in [1.54, 1.807) is 11.3 Å². The van der Waals surface area contributed by atoms with Gasteiger partial charge in [0.15, 0.2) is 5.78 Å². The number of ketones is 1. The van der Waals surface area contributed by atoms with E-state index >= 15 is 0 Å². The highest BCUT2D eigenvalue weighted by atomic mass is 32.1. The number of nitrogens with zero attached hydrogens (tertiary/aromatic N) is 3. The monoisotopic (exact) mass is 343 g/mol. The van der Waals surface area contributed by atoms with Gasteiger partial charge in [-0.15, -0.1) is 11.3 Å². The first-order valence-corrected chi connectivity index (χ1v) is 9.42. The first kappa shape index (κ1) is 14.9. The number of carbonyl (C=O) groups excluding carboxylic acids is 1. The summed E-state index contributed by atoms with van der Waals surface area (Å²) in [5, 5.41) is 1.98. The molecule has 0 saturated carbocycles. The highest BCUT2D eigenvalue weighted by Gasteiger charge is 2.26. The lowest BCUT2D eigenvalue weighted by molar-refractivity contribution is 0.0839. The Labute approximate surface area is 143 Å². The minimum absolute atomic E-state index is 0.182. The van der Waals surface area contributed by atoms with Crippen LogP contribution in [0.25, 0.3) is 11.0 Å². The van der Waals surface area contributed by atoms with Crippen molar-refractivity contribution in [2.24, 2.45) is 5.92 Å². The molecule has 0 bridgehead atoms. The second-order valence-corrected chi connectivity index (χ2v) is 7.42. The van der Waals surface area contributed by atoms with Crippen molar-refractivity contribution in [2.45, 2.75) is 19.4 Å². The first-order valence-electron chi connectivity index (χ1n) is 7.81. The van der Waals surface area contributed by atoms with Gasteiger partial charge in [-0.3, -0.25) is 9.69 Å². The van der Waals surface area contributed by atoms with Crippen molar-refractivity contribution in [3.05, 3.63) is 46.2 Å². The molecule has 6 heteroatoms. The molecule has 0 amide bonds. The number of Topliss-reactive ketones (excluding diaryl/α,β-unsaturated/α-hetero) is 1. The van der Waals surface area contributed by atoms with Gasteiger partial charge in [-0.1, -0.05) is 18.2 Å². The second kappa shape index (κ2) is 6.47. The van der Waals surface area contributed by atoms with Gasteiger partial charge in [-0.25, -0.2) is 0 Å². The summed E-state index contributed by atoms with van der Waals surface area (Å²) in [6.07, 6.45) is 1.89. The summed E-state index contributed by atoms with van der Waals surface area (Å²) in [6, 6.07) is 10.1. The maximum atomic E-state index is 12.4. The predicted octanol–water partition coefficient (Wildman–Crippen LogP) is 3.85. The molecule has 0 spiro atoms. The van der Waals surface area contributed by atoms with E-state index in [2.05, 4.69) is 19.7 Å². The van der Waals surface area contributed by atoms with Crippen molar-refractivity contribution in [2.75, 3.05) is 13.1 Å². The van der Waals surface area contributed by atoms with Gasteiger partial charge in [0.2, 0.25) is 0 Å². The summed E-state index contributed by atoms with van der Waals surface area (Å²) in [4.78, 5) is 15.8. The van der Waals surface area contributed by atoms with Crippen LogP contribution in [0.4, 0.5) is 0 Å². The number of rotatable bonds is 4. The molecule has 23 heavy (non-hydrogen) atoms. The van der Waals surface area contributed by atoms with E-state index < -0.39 is 0 Å². The Morgan fingerprint density at radius 3 is 2.83 bits per heavy atom. The number of likely N-dealkylation sites (tertiary alicyclic amines) is 1. The summed E-state index contributed by atoms with van der Waals surface area (Å²) in [5.74, 6) is 0.507. The molecule has 0 unspecified atom stereocenters. The number of piperidine rings is 1. The van der Waals surface area contributed by atoms with E-state index in [1.165, 1.54) is 17.3 Å². The van der Waals surface area contributed by atoms with Gasteiger partial charge in [0, 0.05) is 12.5 Å². The van der Waals surface area contributed by atoms with Gasteiger partial charge < -0.3 is 0 Å². The SMILES string of the molecule is O=C(c1cccs1)C1CCN(Cc2cccc3nsnc23)CC1. The van der Waals surface area contributed by atoms with E-state index in [-0.39, 0.29) is 5.92 Å². The van der Waals surface area contributed by atoms with Crippen LogP contribution in [0.5, 0.6) is 0 Å². The summed E-state index contributed by atoms with van der Waals surface area (Å²) in [7, 11) is 0. The fraction of sp³-hybridized carbons (Fsp3) is 0.353. The van der Waals surface area contributed by atoms with Gasteiger partial charge in [-0.2, -0.15) is 8.75 Å². The molecule has 1 saturated heterocycles. The number of aromatic nitrogens is 2. The molecule has 1 aromatic carbocycles. The number of benzene rings is 1. The van der Waals surface area contributed by atoms with E-state index in [1.807, 2.05) is 29.6 Å². The summed E-state index contributed by atoms with van der Waals surface area (Å²) < 4.78 is 8.72. The van der Waals surface area contributed by atoms with Crippen molar-refractivity contribution in [1.82, 2.24) is 13.6 Å². The topological polar surface area (TPSA) is 46.1 Å². The Bertz CT molecular complexity index is 804. The van der Waals surface area contributed by atoms with Crippen LogP contribution in [0.3, 0.4) is 0 Å². The molecule has 1 aliphatic heterocycles. The second-order valence-electron chi connectivity index (χ2n) is 5.94. The van der Waals surface area contributed by atoms with Gasteiger partial charge in [-0.05, 0) is 49.0 Å². The van der Waals surface area contributed by atoms with Crippen LogP contribution >= 0.6 is 23.1 Å². The quantitative estimate of drug-likeness (QED) is 0.675. The van der Waals surface area contributed by atoms with Crippen LogP contribution < -0.4 is 0 Å². The summed E-state index contributed by atoms with van der Waals surface area (Å²) >= 11 is 2.82. The normalized spacial score (nSPS) is 16.9. The van der Waals surface area contributed by atoms with Crippen LogP contribution in [0.15, 0.2) is 35.7 Å². The number of hydrogen-bond donors (Lipinski definition) is 0. The minimum Gasteiger partial charge on any atom is -0.299 e. The molecule has 2 aromatic heterocycles. The molecule has 0 N–H and O–H groups in total. The molecule has 0 aliphatic carbocycles. The zero-order valence-electron chi connectivity index (χ0n) is 12.6. The fourth-order valence-corrected chi connectivity index (χ4v) is 4.52. The maximum absolute atomic E-state index is 12.4. The Balaban J connectivity index is 1.40. The molecule has 3 aromatic rings. The molecule has 1 aliphatic rings. The van der Waals surface area contributed by atoms with Crippen molar-refractivity contribution in [3.8, 4) is 0 Å². The lowest BCUT2D eigenvalue weighted by Crippen LogP contribution is -2.35. The van der Waals surface area contributed by atoms with Crippen LogP contribution in [-0.2, 0) is 6.54 Å². The lowest BCUT2D eigenvalue weighted by Gasteiger charge is -2.31. The molecule has 0 atom stereocenters. The van der Waals surface area contributed by atoms with Crippen LogP contribution in [-0.4, -0.2) is 32.5 Å². The van der Waals surface area contributed by atoms with E-state index in [9.17, 15) is 4.79 Å². The summed E-state index contributed by atoms with van der Waals surface area (Å²) in [6.45, 7) is 2.83. The molecule has 1 fully saturated rings. The van der Waals surface area contributed by atoms with Crippen molar-refractivity contribution in [1.29, 1.82) is 0 Å². The molecular formula is C17H17N3OS2. The van der Waals surface area contributed by atoms with E-state index in [4.69, 9.17) is 0 Å². The van der Waals surface area contributed by atoms with Crippen molar-refractivity contribution in [3.63, 3.8) is 0 Å².